The van der Waals surface area contributed by atoms with Crippen LogP contribution in [0.4, 0.5) is 0 Å². The van der Waals surface area contributed by atoms with Crippen molar-refractivity contribution in [3.8, 4) is 0 Å². The molecule has 0 radical (unpaired) electrons. The molecule has 4 rings (SSSR count). The minimum atomic E-state index is -3.68. The lowest BCUT2D eigenvalue weighted by Crippen LogP contribution is -2.11. The molecule has 0 aliphatic heterocycles. The summed E-state index contributed by atoms with van der Waals surface area (Å²) in [5, 5.41) is 4.35. The first-order chi connectivity index (χ1) is 11.9. The second-order valence-electron chi connectivity index (χ2n) is 5.79. The Morgan fingerprint density at radius 3 is 2.80 bits per heavy atom. The van der Waals surface area contributed by atoms with E-state index in [9.17, 15) is 8.42 Å². The zero-order chi connectivity index (χ0) is 17.8. The fourth-order valence-corrected chi connectivity index (χ4v) is 7.55. The van der Waals surface area contributed by atoms with Gasteiger partial charge in [-0.25, -0.2) is 3.97 Å². The van der Waals surface area contributed by atoms with E-state index < -0.39 is 10.0 Å². The van der Waals surface area contributed by atoms with Crippen LogP contribution in [0.2, 0.25) is 5.02 Å². The Balaban J connectivity index is 1.97. The first kappa shape index (κ1) is 17.1. The van der Waals surface area contributed by atoms with Crippen molar-refractivity contribution < 1.29 is 8.42 Å². The van der Waals surface area contributed by atoms with Gasteiger partial charge in [-0.1, -0.05) is 11.6 Å². The zero-order valence-corrected chi connectivity index (χ0v) is 16.5. The van der Waals surface area contributed by atoms with E-state index >= 15 is 0 Å². The maximum atomic E-state index is 13.4. The van der Waals surface area contributed by atoms with Crippen LogP contribution >= 0.6 is 34.3 Å². The van der Waals surface area contributed by atoms with Gasteiger partial charge in [0.1, 0.15) is 9.04 Å². The van der Waals surface area contributed by atoms with Gasteiger partial charge in [0.25, 0.3) is 10.0 Å². The summed E-state index contributed by atoms with van der Waals surface area (Å²) in [6.45, 7) is 2.31. The highest BCUT2D eigenvalue weighted by molar-refractivity contribution is 7.92. The highest BCUT2D eigenvalue weighted by Gasteiger charge is 2.26. The van der Waals surface area contributed by atoms with Crippen LogP contribution in [0.5, 0.6) is 0 Å². The smallest absolute Gasteiger partial charge is 0.278 e. The largest absolute Gasteiger partial charge is 0.330 e. The van der Waals surface area contributed by atoms with Crippen LogP contribution < -0.4 is 5.73 Å². The fraction of sp³-hybridized carbons (Fsp3) is 0.176. The molecule has 0 fully saturated rings. The molecule has 0 aliphatic rings. The van der Waals surface area contributed by atoms with Gasteiger partial charge in [0, 0.05) is 21.3 Å². The molecule has 4 nitrogen and oxygen atoms in total. The Bertz CT molecular complexity index is 1200. The van der Waals surface area contributed by atoms with E-state index in [2.05, 4.69) is 0 Å². The van der Waals surface area contributed by atoms with Gasteiger partial charge in [0.2, 0.25) is 0 Å². The normalized spacial score (nSPS) is 12.4. The Labute approximate surface area is 158 Å². The molecule has 8 heteroatoms. The van der Waals surface area contributed by atoms with E-state index in [1.54, 1.807) is 12.3 Å². The predicted molar refractivity (Wildman–Crippen MR) is 107 cm³/mol. The van der Waals surface area contributed by atoms with Crippen molar-refractivity contribution in [1.29, 1.82) is 0 Å². The third-order valence-electron chi connectivity index (χ3n) is 4.23. The van der Waals surface area contributed by atoms with E-state index in [4.69, 9.17) is 17.3 Å². The van der Waals surface area contributed by atoms with Gasteiger partial charge in [-0.15, -0.1) is 22.7 Å². The second-order valence-corrected chi connectivity index (χ2v) is 10.2. The second kappa shape index (κ2) is 6.10. The zero-order valence-electron chi connectivity index (χ0n) is 13.3. The summed E-state index contributed by atoms with van der Waals surface area (Å²) in [5.41, 5.74) is 7.37. The summed E-state index contributed by atoms with van der Waals surface area (Å²) in [7, 11) is -3.68. The molecule has 0 bridgehead atoms. The van der Waals surface area contributed by atoms with Gasteiger partial charge in [-0.3, -0.25) is 0 Å². The van der Waals surface area contributed by atoms with Crippen molar-refractivity contribution in [3.63, 3.8) is 0 Å². The minimum Gasteiger partial charge on any atom is -0.330 e. The van der Waals surface area contributed by atoms with Crippen molar-refractivity contribution in [1.82, 2.24) is 3.97 Å². The minimum absolute atomic E-state index is 0.356. The van der Waals surface area contributed by atoms with Crippen LogP contribution in [0.1, 0.15) is 11.1 Å². The van der Waals surface area contributed by atoms with Crippen molar-refractivity contribution in [3.05, 3.63) is 52.0 Å². The molecule has 0 aliphatic carbocycles. The van der Waals surface area contributed by atoms with Gasteiger partial charge in [0.15, 0.2) is 0 Å². The maximum absolute atomic E-state index is 13.4. The molecular weight excluding hydrogens is 396 g/mol. The van der Waals surface area contributed by atoms with Gasteiger partial charge < -0.3 is 5.73 Å². The first-order valence-electron chi connectivity index (χ1n) is 7.65. The van der Waals surface area contributed by atoms with Crippen LogP contribution in [-0.2, 0) is 16.4 Å². The topological polar surface area (TPSA) is 65.1 Å². The number of nitrogens with zero attached hydrogens (tertiary/aromatic N) is 1. The van der Waals surface area contributed by atoms with Crippen molar-refractivity contribution in [2.75, 3.05) is 6.54 Å². The van der Waals surface area contributed by atoms with Crippen LogP contribution in [0.3, 0.4) is 0 Å². The van der Waals surface area contributed by atoms with E-state index in [1.807, 2.05) is 30.5 Å². The number of hydrogen-bond donors (Lipinski definition) is 1. The van der Waals surface area contributed by atoms with Gasteiger partial charge in [-0.2, -0.15) is 8.42 Å². The number of aryl methyl sites for hydroxylation is 1. The highest BCUT2D eigenvalue weighted by atomic mass is 35.5. The lowest BCUT2D eigenvalue weighted by molar-refractivity contribution is 0.591. The average Bonchev–Trinajstić information content (AvgIpc) is 3.24. The van der Waals surface area contributed by atoms with E-state index in [1.165, 1.54) is 26.6 Å². The Morgan fingerprint density at radius 1 is 1.24 bits per heavy atom. The molecule has 0 spiro atoms. The van der Waals surface area contributed by atoms with Crippen molar-refractivity contribution >= 4 is 64.6 Å². The maximum Gasteiger partial charge on any atom is 0.278 e. The lowest BCUT2D eigenvalue weighted by Gasteiger charge is -2.05. The predicted octanol–water partition coefficient (Wildman–Crippen LogP) is 4.62. The molecular formula is C17H15ClN2O2S3. The molecule has 2 N–H and O–H groups in total. The first-order valence-corrected chi connectivity index (χ1v) is 11.2. The molecule has 4 aromatic rings. The van der Waals surface area contributed by atoms with E-state index in [0.717, 1.165) is 31.4 Å². The number of halogens is 1. The number of rotatable bonds is 4. The molecule has 3 aromatic heterocycles. The molecule has 1 aromatic carbocycles. The molecule has 0 atom stereocenters. The number of hydrogen-bond acceptors (Lipinski definition) is 5. The number of aromatic nitrogens is 1. The third kappa shape index (κ3) is 2.62. The van der Waals surface area contributed by atoms with Crippen molar-refractivity contribution in [2.24, 2.45) is 5.73 Å². The summed E-state index contributed by atoms with van der Waals surface area (Å²) in [6, 6.07) is 7.42. The van der Waals surface area contributed by atoms with Gasteiger partial charge in [-0.05, 0) is 66.0 Å². The Hall–Kier alpha value is -1.38. The number of thiophene rings is 2. The van der Waals surface area contributed by atoms with Gasteiger partial charge >= 0.3 is 0 Å². The van der Waals surface area contributed by atoms with Crippen LogP contribution in [0.15, 0.2) is 40.1 Å². The monoisotopic (exact) mass is 410 g/mol. The summed E-state index contributed by atoms with van der Waals surface area (Å²) in [6.07, 6.45) is 2.36. The standard InChI is InChI=1S/C17H15ClN2O2S3/c1-10-14-8-12(18)2-3-15(14)24-17(10)25(21,22)20-9-11(4-6-19)13-5-7-23-16(13)20/h2-3,5,7-9H,4,6,19H2,1H3. The lowest BCUT2D eigenvalue weighted by atomic mass is 10.2. The molecule has 130 valence electrons. The quantitative estimate of drug-likeness (QED) is 0.534. The molecule has 0 saturated heterocycles. The van der Waals surface area contributed by atoms with Crippen LogP contribution in [0.25, 0.3) is 20.3 Å². The van der Waals surface area contributed by atoms with Crippen LogP contribution in [-0.4, -0.2) is 18.9 Å². The molecule has 25 heavy (non-hydrogen) atoms. The molecule has 0 saturated carbocycles. The number of fused-ring (bicyclic) bond motifs is 2. The van der Waals surface area contributed by atoms with E-state index in [0.29, 0.717) is 22.2 Å². The fourth-order valence-electron chi connectivity index (χ4n) is 3.03. The number of benzene rings is 1. The SMILES string of the molecule is Cc1c(S(=O)(=O)n2cc(CCN)c3ccsc32)sc2ccc(Cl)cc12. The van der Waals surface area contributed by atoms with Crippen molar-refractivity contribution in [2.45, 2.75) is 17.6 Å². The number of nitrogens with two attached hydrogens (primary N) is 1. The summed E-state index contributed by atoms with van der Waals surface area (Å²) in [4.78, 5) is 0.735. The Kier molecular flexibility index (Phi) is 4.16. The average molecular weight is 411 g/mol. The van der Waals surface area contributed by atoms with Gasteiger partial charge in [0.05, 0.1) is 0 Å². The highest BCUT2D eigenvalue weighted by Crippen LogP contribution is 2.38. The summed E-state index contributed by atoms with van der Waals surface area (Å²) < 4.78 is 29.4. The Morgan fingerprint density at radius 2 is 2.04 bits per heavy atom. The third-order valence-corrected chi connectivity index (χ3v) is 9.02. The molecule has 0 amide bonds. The summed E-state index contributed by atoms with van der Waals surface area (Å²) in [5.74, 6) is 0. The molecule has 0 unspecified atom stereocenters. The molecule has 3 heterocycles. The van der Waals surface area contributed by atoms with E-state index in [-0.39, 0.29) is 0 Å². The summed E-state index contributed by atoms with van der Waals surface area (Å²) >= 11 is 8.78. The van der Waals surface area contributed by atoms with Crippen LogP contribution in [0, 0.1) is 6.92 Å².